The highest BCUT2D eigenvalue weighted by atomic mass is 16.6. The lowest BCUT2D eigenvalue weighted by molar-refractivity contribution is -0.159. The number of carbonyl (C=O) groups is 3. The lowest BCUT2D eigenvalue weighted by Crippen LogP contribution is -2.31. The first-order valence-corrected chi connectivity index (χ1v) is 7.14. The highest BCUT2D eigenvalue weighted by Crippen LogP contribution is 2.23. The normalized spacial score (nSPS) is 11.3. The van der Waals surface area contributed by atoms with Gasteiger partial charge in [-0.05, 0) is 31.5 Å². The molecule has 0 bridgehead atoms. The zero-order valence-corrected chi connectivity index (χ0v) is 13.5. The Hall–Kier alpha value is -2.63. The molecule has 1 aromatic carbocycles. The Kier molecular flexibility index (Phi) is 6.99. The van der Waals surface area contributed by atoms with Crippen molar-refractivity contribution in [2.24, 2.45) is 0 Å². The van der Waals surface area contributed by atoms with Gasteiger partial charge in [0.25, 0.3) is 0 Å². The van der Waals surface area contributed by atoms with E-state index in [1.807, 2.05) is 6.92 Å². The molecular weight excluding hydrogens is 300 g/mol. The largest absolute Gasteiger partial charge is 0.497 e. The van der Waals surface area contributed by atoms with Crippen molar-refractivity contribution in [3.63, 3.8) is 0 Å². The van der Waals surface area contributed by atoms with Gasteiger partial charge in [-0.15, -0.1) is 0 Å². The van der Waals surface area contributed by atoms with Crippen LogP contribution in [0.25, 0.3) is 0 Å². The lowest BCUT2D eigenvalue weighted by atomic mass is 10.2. The molecule has 1 rings (SSSR count). The summed E-state index contributed by atoms with van der Waals surface area (Å²) in [5, 5.41) is 0. The number of rotatable bonds is 8. The van der Waals surface area contributed by atoms with Gasteiger partial charge in [0.1, 0.15) is 11.5 Å². The Labute approximate surface area is 135 Å². The van der Waals surface area contributed by atoms with E-state index >= 15 is 0 Å². The molecule has 0 saturated heterocycles. The zero-order chi connectivity index (χ0) is 17.4. The van der Waals surface area contributed by atoms with Crippen molar-refractivity contribution in [2.75, 3.05) is 7.11 Å². The monoisotopic (exact) mass is 320 g/mol. The molecule has 0 amide bonds. The first-order chi connectivity index (χ1) is 10.9. The number of ether oxygens (including phenoxy) is 3. The summed E-state index contributed by atoms with van der Waals surface area (Å²) in [5.74, 6) is -0.857. The summed E-state index contributed by atoms with van der Waals surface area (Å²) in [6, 6.07) is 4.46. The van der Waals surface area contributed by atoms with Gasteiger partial charge in [-0.25, -0.2) is 9.59 Å². The van der Waals surface area contributed by atoms with Gasteiger partial charge in [0.05, 0.1) is 12.7 Å². The maximum absolute atomic E-state index is 12.2. The third-order valence-corrected chi connectivity index (χ3v) is 2.97. The Morgan fingerprint density at radius 2 is 2.04 bits per heavy atom. The number of esters is 2. The lowest BCUT2D eigenvalue weighted by Gasteiger charge is -2.16. The molecule has 0 radical (unpaired) electrons. The molecule has 0 N–H and O–H groups in total. The minimum Gasteiger partial charge on any atom is -0.497 e. The van der Waals surface area contributed by atoms with Gasteiger partial charge in [-0.3, -0.25) is 4.79 Å². The van der Waals surface area contributed by atoms with Gasteiger partial charge in [0.2, 0.25) is 0 Å². The molecule has 0 heterocycles. The molecule has 0 aliphatic rings. The van der Waals surface area contributed by atoms with Crippen molar-refractivity contribution in [3.8, 4) is 11.5 Å². The van der Waals surface area contributed by atoms with Crippen LogP contribution in [-0.2, 0) is 14.3 Å². The van der Waals surface area contributed by atoms with Gasteiger partial charge in [-0.1, -0.05) is 19.9 Å². The van der Waals surface area contributed by atoms with Crippen LogP contribution in [0, 0.1) is 0 Å². The van der Waals surface area contributed by atoms with Gasteiger partial charge < -0.3 is 14.2 Å². The quantitative estimate of drug-likeness (QED) is 0.317. The smallest absolute Gasteiger partial charge is 0.352 e. The fourth-order valence-corrected chi connectivity index (χ4v) is 1.73. The van der Waals surface area contributed by atoms with Crippen LogP contribution in [0.3, 0.4) is 0 Å². The van der Waals surface area contributed by atoms with E-state index in [4.69, 9.17) is 14.2 Å². The first-order valence-electron chi connectivity index (χ1n) is 7.14. The second-order valence-corrected chi connectivity index (χ2v) is 4.91. The van der Waals surface area contributed by atoms with Crippen molar-refractivity contribution >= 4 is 18.2 Å². The van der Waals surface area contributed by atoms with Crippen LogP contribution in [0.5, 0.6) is 11.5 Å². The van der Waals surface area contributed by atoms with Crippen LogP contribution in [0.4, 0.5) is 0 Å². The molecule has 0 aliphatic heterocycles. The van der Waals surface area contributed by atoms with Gasteiger partial charge in [0.15, 0.2) is 12.4 Å². The number of benzene rings is 1. The topological polar surface area (TPSA) is 78.9 Å². The highest BCUT2D eigenvalue weighted by molar-refractivity contribution is 5.90. The van der Waals surface area contributed by atoms with Crippen LogP contribution in [0.1, 0.15) is 37.0 Å². The molecule has 0 fully saturated rings. The van der Waals surface area contributed by atoms with Gasteiger partial charge in [-0.2, -0.15) is 0 Å². The Bertz CT molecular complexity index is 605. The van der Waals surface area contributed by atoms with Crippen molar-refractivity contribution in [3.05, 3.63) is 35.9 Å². The molecule has 6 nitrogen and oxygen atoms in total. The third-order valence-electron chi connectivity index (χ3n) is 2.97. The fourth-order valence-electron chi connectivity index (χ4n) is 1.73. The molecule has 0 aliphatic carbocycles. The molecule has 1 unspecified atom stereocenters. The summed E-state index contributed by atoms with van der Waals surface area (Å²) in [4.78, 5) is 34.9. The molecule has 0 saturated carbocycles. The summed E-state index contributed by atoms with van der Waals surface area (Å²) in [7, 11) is 1.46. The number of aldehydes is 1. The average Bonchev–Trinajstić information content (AvgIpc) is 2.54. The summed E-state index contributed by atoms with van der Waals surface area (Å²) in [5.41, 5.74) is 0.358. The van der Waals surface area contributed by atoms with Crippen molar-refractivity contribution in [1.29, 1.82) is 0 Å². The van der Waals surface area contributed by atoms with E-state index in [1.54, 1.807) is 6.07 Å². The summed E-state index contributed by atoms with van der Waals surface area (Å²) < 4.78 is 15.3. The highest BCUT2D eigenvalue weighted by Gasteiger charge is 2.25. The van der Waals surface area contributed by atoms with E-state index in [0.29, 0.717) is 24.9 Å². The number of methoxy groups -OCH3 is 1. The van der Waals surface area contributed by atoms with E-state index < -0.39 is 18.0 Å². The minimum absolute atomic E-state index is 0.0817. The summed E-state index contributed by atoms with van der Waals surface area (Å²) in [6.45, 7) is 6.81. The molecule has 0 aromatic heterocycles. The molecule has 6 heteroatoms. The summed E-state index contributed by atoms with van der Waals surface area (Å²) in [6.07, 6.45) is 0.433. The minimum atomic E-state index is -1.05. The SMILES string of the molecule is C=C(C)C(=O)OC(CCC)C(=O)Oc1ccc(OC)cc1C=O. The maximum atomic E-state index is 12.2. The van der Waals surface area contributed by atoms with E-state index in [1.165, 1.54) is 26.2 Å². The number of hydrogen-bond acceptors (Lipinski definition) is 6. The first kappa shape index (κ1) is 18.4. The summed E-state index contributed by atoms with van der Waals surface area (Å²) >= 11 is 0. The van der Waals surface area contributed by atoms with Crippen LogP contribution >= 0.6 is 0 Å². The third kappa shape index (κ3) is 5.25. The van der Waals surface area contributed by atoms with Crippen LogP contribution in [0.15, 0.2) is 30.4 Å². The molecule has 1 atom stereocenters. The van der Waals surface area contributed by atoms with E-state index in [-0.39, 0.29) is 16.9 Å². The predicted molar refractivity (Wildman–Crippen MR) is 83.6 cm³/mol. The average molecular weight is 320 g/mol. The van der Waals surface area contributed by atoms with Crippen LogP contribution in [0.2, 0.25) is 0 Å². The van der Waals surface area contributed by atoms with E-state index in [2.05, 4.69) is 6.58 Å². The van der Waals surface area contributed by atoms with Gasteiger partial charge in [0, 0.05) is 5.57 Å². The van der Waals surface area contributed by atoms with Crippen molar-refractivity contribution in [2.45, 2.75) is 32.8 Å². The second kappa shape index (κ2) is 8.73. The standard InChI is InChI=1S/C17H20O6/c1-5-6-15(23-16(19)11(2)3)17(20)22-14-8-7-13(21-4)9-12(14)10-18/h7-10,15H,2,5-6H2,1,3-4H3. The van der Waals surface area contributed by atoms with Crippen LogP contribution in [-0.4, -0.2) is 31.4 Å². The predicted octanol–water partition coefficient (Wildman–Crippen LogP) is 2.70. The molecule has 124 valence electrons. The molecule has 0 spiro atoms. The van der Waals surface area contributed by atoms with Crippen molar-refractivity contribution < 1.29 is 28.6 Å². The molecule has 1 aromatic rings. The van der Waals surface area contributed by atoms with E-state index in [9.17, 15) is 14.4 Å². The van der Waals surface area contributed by atoms with Gasteiger partial charge >= 0.3 is 11.9 Å². The van der Waals surface area contributed by atoms with Crippen LogP contribution < -0.4 is 9.47 Å². The van der Waals surface area contributed by atoms with Crippen molar-refractivity contribution in [1.82, 2.24) is 0 Å². The Morgan fingerprint density at radius 1 is 1.35 bits per heavy atom. The number of hydrogen-bond donors (Lipinski definition) is 0. The maximum Gasteiger partial charge on any atom is 0.352 e. The van der Waals surface area contributed by atoms with E-state index in [0.717, 1.165) is 0 Å². The molecule has 23 heavy (non-hydrogen) atoms. The zero-order valence-electron chi connectivity index (χ0n) is 13.5. The molecular formula is C17H20O6. The Morgan fingerprint density at radius 3 is 2.57 bits per heavy atom. The fraction of sp³-hybridized carbons (Fsp3) is 0.353. The Balaban J connectivity index is 2.91. The number of carbonyl (C=O) groups excluding carboxylic acids is 3. The second-order valence-electron chi connectivity index (χ2n) is 4.91.